The SMILES string of the molecule is CCNC(=NCCc1cn2cccc(C)c2n1)NC1CCN(C(N)=O)CC1.I. The van der Waals surface area contributed by atoms with E-state index in [1.165, 1.54) is 5.56 Å². The number of hydrogen-bond acceptors (Lipinski definition) is 3. The monoisotopic (exact) mass is 499 g/mol. The number of carbonyl (C=O) groups excluding carboxylic acids is 1. The minimum Gasteiger partial charge on any atom is -0.357 e. The number of nitrogens with zero attached hydrogens (tertiary/aromatic N) is 4. The number of aryl methyl sites for hydroxylation is 1. The Hall–Kier alpha value is -2.04. The van der Waals surface area contributed by atoms with E-state index < -0.39 is 0 Å². The normalized spacial score (nSPS) is 15.4. The van der Waals surface area contributed by atoms with Gasteiger partial charge in [0.1, 0.15) is 5.65 Å². The van der Waals surface area contributed by atoms with Crippen molar-refractivity contribution in [1.29, 1.82) is 0 Å². The fourth-order valence-electron chi connectivity index (χ4n) is 3.36. The molecule has 1 aliphatic heterocycles. The minimum absolute atomic E-state index is 0. The molecule has 3 rings (SSSR count). The first-order valence-electron chi connectivity index (χ1n) is 9.59. The van der Waals surface area contributed by atoms with Crippen molar-refractivity contribution in [3.05, 3.63) is 35.8 Å². The Kier molecular flexibility index (Phi) is 8.34. The van der Waals surface area contributed by atoms with Gasteiger partial charge in [0.25, 0.3) is 0 Å². The van der Waals surface area contributed by atoms with Gasteiger partial charge in [-0.05, 0) is 38.3 Å². The van der Waals surface area contributed by atoms with Gasteiger partial charge in [-0.2, -0.15) is 0 Å². The van der Waals surface area contributed by atoms with Gasteiger partial charge in [0, 0.05) is 51.0 Å². The standard InChI is InChI=1S/C19H29N7O.HI/c1-3-21-19(24-15-7-11-25(12-8-15)18(20)27)22-9-6-16-13-26-10-4-5-14(2)17(26)23-16;/h4-5,10,13,15H,3,6-9,11-12H2,1-2H3,(H2,20,27)(H2,21,22,24);1H. The fraction of sp³-hybridized carbons (Fsp3) is 0.526. The number of hydrogen-bond donors (Lipinski definition) is 3. The maximum Gasteiger partial charge on any atom is 0.314 e. The number of nitrogens with one attached hydrogen (secondary N) is 2. The maximum atomic E-state index is 11.2. The smallest absolute Gasteiger partial charge is 0.314 e. The highest BCUT2D eigenvalue weighted by Crippen LogP contribution is 2.11. The molecule has 1 saturated heterocycles. The number of likely N-dealkylation sites (tertiary alicyclic amines) is 1. The number of aromatic nitrogens is 2. The Labute approximate surface area is 183 Å². The second-order valence-corrected chi connectivity index (χ2v) is 6.91. The van der Waals surface area contributed by atoms with Crippen LogP contribution in [0.5, 0.6) is 0 Å². The van der Waals surface area contributed by atoms with E-state index in [0.717, 1.165) is 43.1 Å². The van der Waals surface area contributed by atoms with Gasteiger partial charge in [-0.15, -0.1) is 24.0 Å². The van der Waals surface area contributed by atoms with E-state index >= 15 is 0 Å². The van der Waals surface area contributed by atoms with E-state index in [1.54, 1.807) is 4.90 Å². The van der Waals surface area contributed by atoms with Crippen molar-refractivity contribution < 1.29 is 4.79 Å². The second-order valence-electron chi connectivity index (χ2n) is 6.91. The molecule has 9 heteroatoms. The van der Waals surface area contributed by atoms with Crippen molar-refractivity contribution in [1.82, 2.24) is 24.9 Å². The lowest BCUT2D eigenvalue weighted by molar-refractivity contribution is 0.188. The molecule has 154 valence electrons. The molecule has 0 atom stereocenters. The van der Waals surface area contributed by atoms with Crippen molar-refractivity contribution in [2.75, 3.05) is 26.2 Å². The number of aliphatic imine (C=N–C) groups is 1. The number of imidazole rings is 1. The van der Waals surface area contributed by atoms with Crippen LogP contribution >= 0.6 is 24.0 Å². The van der Waals surface area contributed by atoms with Gasteiger partial charge < -0.3 is 25.7 Å². The molecule has 0 aromatic carbocycles. The van der Waals surface area contributed by atoms with Crippen molar-refractivity contribution >= 4 is 41.6 Å². The number of fused-ring (bicyclic) bond motifs is 1. The number of guanidine groups is 1. The van der Waals surface area contributed by atoms with Crippen molar-refractivity contribution in [3.8, 4) is 0 Å². The third-order valence-electron chi connectivity index (χ3n) is 4.86. The van der Waals surface area contributed by atoms with E-state index in [4.69, 9.17) is 10.7 Å². The van der Waals surface area contributed by atoms with Gasteiger partial charge in [-0.1, -0.05) is 6.07 Å². The highest BCUT2D eigenvalue weighted by molar-refractivity contribution is 14.0. The number of amides is 2. The highest BCUT2D eigenvalue weighted by atomic mass is 127. The molecule has 2 aromatic rings. The van der Waals surface area contributed by atoms with Crippen molar-refractivity contribution in [2.45, 2.75) is 39.2 Å². The van der Waals surface area contributed by atoms with E-state index in [-0.39, 0.29) is 30.0 Å². The Morgan fingerprint density at radius 2 is 2.14 bits per heavy atom. The molecule has 1 fully saturated rings. The molecule has 1 aliphatic rings. The first-order chi connectivity index (χ1) is 13.1. The summed E-state index contributed by atoms with van der Waals surface area (Å²) in [7, 11) is 0. The predicted molar refractivity (Wildman–Crippen MR) is 122 cm³/mol. The summed E-state index contributed by atoms with van der Waals surface area (Å²) in [6.07, 6.45) is 6.62. The second kappa shape index (κ2) is 10.5. The lowest BCUT2D eigenvalue weighted by Gasteiger charge is -2.32. The Morgan fingerprint density at radius 1 is 1.39 bits per heavy atom. The Balaban J connectivity index is 0.00000280. The summed E-state index contributed by atoms with van der Waals surface area (Å²) in [4.78, 5) is 22.3. The highest BCUT2D eigenvalue weighted by Gasteiger charge is 2.21. The van der Waals surface area contributed by atoms with Crippen LogP contribution in [0, 0.1) is 6.92 Å². The third kappa shape index (κ3) is 5.73. The van der Waals surface area contributed by atoms with Crippen LogP contribution in [0.3, 0.4) is 0 Å². The van der Waals surface area contributed by atoms with Crippen LogP contribution in [0.4, 0.5) is 4.79 Å². The van der Waals surface area contributed by atoms with E-state index in [0.29, 0.717) is 25.7 Å². The molecule has 2 aromatic heterocycles. The van der Waals surface area contributed by atoms with E-state index in [9.17, 15) is 4.79 Å². The van der Waals surface area contributed by atoms with Gasteiger partial charge in [-0.3, -0.25) is 4.99 Å². The summed E-state index contributed by atoms with van der Waals surface area (Å²) in [5, 5.41) is 6.77. The fourth-order valence-corrected chi connectivity index (χ4v) is 3.36. The number of piperidine rings is 1. The van der Waals surface area contributed by atoms with Gasteiger partial charge in [0.2, 0.25) is 0 Å². The maximum absolute atomic E-state index is 11.2. The number of nitrogens with two attached hydrogens (primary N) is 1. The van der Waals surface area contributed by atoms with E-state index in [2.05, 4.69) is 46.1 Å². The zero-order valence-electron chi connectivity index (χ0n) is 16.5. The molecular weight excluding hydrogens is 469 g/mol. The van der Waals surface area contributed by atoms with Crippen molar-refractivity contribution in [3.63, 3.8) is 0 Å². The minimum atomic E-state index is -0.336. The number of urea groups is 1. The molecule has 0 spiro atoms. The number of halogens is 1. The third-order valence-corrected chi connectivity index (χ3v) is 4.86. The van der Waals surface area contributed by atoms with Crippen LogP contribution in [0.15, 0.2) is 29.5 Å². The summed E-state index contributed by atoms with van der Waals surface area (Å²) in [6, 6.07) is 4.07. The van der Waals surface area contributed by atoms with Crippen LogP contribution in [-0.4, -0.2) is 58.5 Å². The summed E-state index contributed by atoms with van der Waals surface area (Å²) in [5.74, 6) is 0.815. The first kappa shape index (κ1) is 22.3. The predicted octanol–water partition coefficient (Wildman–Crippen LogP) is 1.90. The molecule has 0 aliphatic carbocycles. The molecule has 0 unspecified atom stereocenters. The number of primary amides is 1. The van der Waals surface area contributed by atoms with Crippen LogP contribution in [0.25, 0.3) is 5.65 Å². The first-order valence-corrected chi connectivity index (χ1v) is 9.59. The Bertz CT molecular complexity index is 812. The molecule has 0 bridgehead atoms. The largest absolute Gasteiger partial charge is 0.357 e. The van der Waals surface area contributed by atoms with Gasteiger partial charge in [0.05, 0.1) is 5.69 Å². The van der Waals surface area contributed by atoms with Crippen LogP contribution in [0.2, 0.25) is 0 Å². The van der Waals surface area contributed by atoms with Crippen LogP contribution < -0.4 is 16.4 Å². The summed E-state index contributed by atoms with van der Waals surface area (Å²) in [5.41, 5.74) is 8.56. The summed E-state index contributed by atoms with van der Waals surface area (Å²) < 4.78 is 2.06. The lowest BCUT2D eigenvalue weighted by atomic mass is 10.1. The Morgan fingerprint density at radius 3 is 2.79 bits per heavy atom. The van der Waals surface area contributed by atoms with Crippen molar-refractivity contribution in [2.24, 2.45) is 10.7 Å². The molecule has 28 heavy (non-hydrogen) atoms. The van der Waals surface area contributed by atoms with Crippen LogP contribution in [-0.2, 0) is 6.42 Å². The zero-order chi connectivity index (χ0) is 19.2. The van der Waals surface area contributed by atoms with Gasteiger partial charge in [0.15, 0.2) is 5.96 Å². The van der Waals surface area contributed by atoms with E-state index in [1.807, 2.05) is 12.3 Å². The molecular formula is C19H30IN7O. The molecule has 0 saturated carbocycles. The van der Waals surface area contributed by atoms with Gasteiger partial charge >= 0.3 is 6.03 Å². The molecule has 0 radical (unpaired) electrons. The molecule has 3 heterocycles. The van der Waals surface area contributed by atoms with Crippen LogP contribution in [0.1, 0.15) is 31.0 Å². The quantitative estimate of drug-likeness (QED) is 0.333. The topological polar surface area (TPSA) is 100 Å². The zero-order valence-corrected chi connectivity index (χ0v) is 18.8. The lowest BCUT2D eigenvalue weighted by Crippen LogP contribution is -2.50. The molecule has 4 N–H and O–H groups in total. The van der Waals surface area contributed by atoms with Gasteiger partial charge in [-0.25, -0.2) is 9.78 Å². The number of rotatable bonds is 5. The molecule has 8 nitrogen and oxygen atoms in total. The average Bonchev–Trinajstić information content (AvgIpc) is 3.07. The number of carbonyl (C=O) groups is 1. The summed E-state index contributed by atoms with van der Waals surface area (Å²) in [6.45, 7) is 6.97. The number of pyridine rings is 1. The summed E-state index contributed by atoms with van der Waals surface area (Å²) >= 11 is 0. The molecule has 2 amide bonds. The average molecular weight is 499 g/mol.